The van der Waals surface area contributed by atoms with E-state index in [1.165, 1.54) is 38.5 Å². The van der Waals surface area contributed by atoms with E-state index in [-0.39, 0.29) is 0 Å². The van der Waals surface area contributed by atoms with Gasteiger partial charge in [0.1, 0.15) is 0 Å². The molecule has 0 aromatic carbocycles. The van der Waals surface area contributed by atoms with Gasteiger partial charge in [-0.25, -0.2) is 0 Å². The summed E-state index contributed by atoms with van der Waals surface area (Å²) in [6.07, 6.45) is 8.12. The Bertz CT molecular complexity index is 99.5. The molecule has 94 valence electrons. The van der Waals surface area contributed by atoms with Crippen molar-refractivity contribution in [3.05, 3.63) is 0 Å². The Labute approximate surface area is 98.0 Å². The van der Waals surface area contributed by atoms with Crippen LogP contribution in [0.3, 0.4) is 0 Å². The second kappa shape index (κ2) is 14.0. The third-order valence-electron chi connectivity index (χ3n) is 2.70. The fourth-order valence-electron chi connectivity index (χ4n) is 1.56. The summed E-state index contributed by atoms with van der Waals surface area (Å²) in [4.78, 5) is 0. The lowest BCUT2D eigenvalue weighted by atomic mass is 9.98. The van der Waals surface area contributed by atoms with Crippen LogP contribution in [-0.2, 0) is 0 Å². The minimum Gasteiger partial charge on any atom is -0.312 e. The standard InChI is InChI=1S/C8H17N.C4H10.C2H6/c1-3-8-6-4-5-7(2)9-8;1-3-4-2;1-2/h7-9H,3-6H2,1-2H3;3-4H2,1-2H3;1-2H3. The van der Waals surface area contributed by atoms with E-state index in [1.807, 2.05) is 13.8 Å². The Balaban J connectivity index is 0. The van der Waals surface area contributed by atoms with Crippen LogP contribution < -0.4 is 5.32 Å². The summed E-state index contributed by atoms with van der Waals surface area (Å²) in [5, 5.41) is 3.57. The van der Waals surface area contributed by atoms with E-state index >= 15 is 0 Å². The summed E-state index contributed by atoms with van der Waals surface area (Å²) in [6, 6.07) is 1.58. The number of unbranched alkanes of at least 4 members (excludes halogenated alkanes) is 1. The van der Waals surface area contributed by atoms with Crippen LogP contribution in [0.4, 0.5) is 0 Å². The largest absolute Gasteiger partial charge is 0.312 e. The van der Waals surface area contributed by atoms with Crippen molar-refractivity contribution < 1.29 is 0 Å². The van der Waals surface area contributed by atoms with Crippen molar-refractivity contribution in [3.63, 3.8) is 0 Å². The maximum Gasteiger partial charge on any atom is 0.00669 e. The van der Waals surface area contributed by atoms with Crippen molar-refractivity contribution in [2.45, 2.75) is 92.2 Å². The maximum atomic E-state index is 3.57. The Kier molecular flexibility index (Phi) is 16.2. The molecule has 0 aromatic heterocycles. The molecule has 0 aliphatic carbocycles. The summed E-state index contributed by atoms with van der Waals surface area (Å²) in [7, 11) is 0. The van der Waals surface area contributed by atoms with Crippen LogP contribution in [0.1, 0.15) is 80.1 Å². The molecule has 1 N–H and O–H groups in total. The first kappa shape index (κ1) is 17.4. The van der Waals surface area contributed by atoms with E-state index in [0.717, 1.165) is 12.1 Å². The molecule has 1 heteroatoms. The molecule has 1 rings (SSSR count). The van der Waals surface area contributed by atoms with Crippen LogP contribution in [0, 0.1) is 0 Å². The fraction of sp³-hybridized carbons (Fsp3) is 1.00. The van der Waals surface area contributed by atoms with Crippen molar-refractivity contribution >= 4 is 0 Å². The molecule has 1 fully saturated rings. The molecule has 1 heterocycles. The Morgan fingerprint density at radius 3 is 1.80 bits per heavy atom. The van der Waals surface area contributed by atoms with Gasteiger partial charge < -0.3 is 5.32 Å². The molecule has 0 aromatic rings. The lowest BCUT2D eigenvalue weighted by Gasteiger charge is -2.27. The molecule has 15 heavy (non-hydrogen) atoms. The zero-order valence-electron chi connectivity index (χ0n) is 11.9. The molecular weight excluding hydrogens is 182 g/mol. The molecular formula is C14H33N. The average molecular weight is 215 g/mol. The molecule has 1 saturated heterocycles. The molecule has 0 amide bonds. The summed E-state index contributed by atoms with van der Waals surface area (Å²) >= 11 is 0. The van der Waals surface area contributed by atoms with Gasteiger partial charge in [-0.05, 0) is 26.2 Å². The van der Waals surface area contributed by atoms with E-state index in [4.69, 9.17) is 0 Å². The van der Waals surface area contributed by atoms with Crippen LogP contribution >= 0.6 is 0 Å². The third kappa shape index (κ3) is 11.9. The number of rotatable bonds is 2. The lowest BCUT2D eigenvalue weighted by Crippen LogP contribution is -2.39. The predicted molar refractivity (Wildman–Crippen MR) is 72.5 cm³/mol. The lowest BCUT2D eigenvalue weighted by molar-refractivity contribution is 0.329. The Morgan fingerprint density at radius 2 is 1.53 bits per heavy atom. The predicted octanol–water partition coefficient (Wildman–Crippen LogP) is 4.76. The topological polar surface area (TPSA) is 12.0 Å². The van der Waals surface area contributed by atoms with E-state index in [9.17, 15) is 0 Å². The highest BCUT2D eigenvalue weighted by atomic mass is 14.9. The number of hydrogen-bond donors (Lipinski definition) is 1. The SMILES string of the molecule is CC.CCC1CCCC(C)N1.CCCC. The molecule has 0 saturated carbocycles. The summed E-state index contributed by atoms with van der Waals surface area (Å²) in [6.45, 7) is 12.9. The molecule has 0 spiro atoms. The zero-order valence-corrected chi connectivity index (χ0v) is 11.9. The van der Waals surface area contributed by atoms with Gasteiger partial charge in [-0.15, -0.1) is 0 Å². The second-order valence-corrected chi connectivity index (χ2v) is 4.10. The normalized spacial score (nSPS) is 24.4. The monoisotopic (exact) mass is 215 g/mol. The number of piperidine rings is 1. The summed E-state index contributed by atoms with van der Waals surface area (Å²) in [5.74, 6) is 0. The van der Waals surface area contributed by atoms with Crippen LogP contribution in [-0.4, -0.2) is 12.1 Å². The van der Waals surface area contributed by atoms with Crippen LogP contribution in [0.15, 0.2) is 0 Å². The highest BCUT2D eigenvalue weighted by Gasteiger charge is 2.14. The number of nitrogens with one attached hydrogen (secondary N) is 1. The fourth-order valence-corrected chi connectivity index (χ4v) is 1.56. The molecule has 0 radical (unpaired) electrons. The second-order valence-electron chi connectivity index (χ2n) is 4.10. The van der Waals surface area contributed by atoms with E-state index < -0.39 is 0 Å². The Hall–Kier alpha value is -0.0400. The van der Waals surface area contributed by atoms with Crippen molar-refractivity contribution in [2.75, 3.05) is 0 Å². The molecule has 1 aliphatic rings. The van der Waals surface area contributed by atoms with Gasteiger partial charge in [-0.2, -0.15) is 0 Å². The highest BCUT2D eigenvalue weighted by Crippen LogP contribution is 2.13. The average Bonchev–Trinajstić information content (AvgIpc) is 2.32. The quantitative estimate of drug-likeness (QED) is 0.700. The molecule has 2 unspecified atom stereocenters. The Morgan fingerprint density at radius 1 is 1.00 bits per heavy atom. The van der Waals surface area contributed by atoms with Crippen molar-refractivity contribution in [2.24, 2.45) is 0 Å². The van der Waals surface area contributed by atoms with E-state index in [1.54, 1.807) is 0 Å². The van der Waals surface area contributed by atoms with Gasteiger partial charge in [0.25, 0.3) is 0 Å². The molecule has 2 atom stereocenters. The molecule has 1 aliphatic heterocycles. The maximum absolute atomic E-state index is 3.57. The number of hydrogen-bond acceptors (Lipinski definition) is 1. The highest BCUT2D eigenvalue weighted by molar-refractivity contribution is 4.75. The van der Waals surface area contributed by atoms with Crippen molar-refractivity contribution in [1.82, 2.24) is 5.32 Å². The summed E-state index contributed by atoms with van der Waals surface area (Å²) < 4.78 is 0. The van der Waals surface area contributed by atoms with Gasteiger partial charge in [-0.1, -0.05) is 53.9 Å². The van der Waals surface area contributed by atoms with Gasteiger partial charge in [0, 0.05) is 12.1 Å². The molecule has 0 bridgehead atoms. The van der Waals surface area contributed by atoms with Gasteiger partial charge >= 0.3 is 0 Å². The minimum atomic E-state index is 0.767. The molecule has 1 nitrogen and oxygen atoms in total. The van der Waals surface area contributed by atoms with Crippen molar-refractivity contribution in [3.8, 4) is 0 Å². The smallest absolute Gasteiger partial charge is 0.00669 e. The first-order valence-corrected chi connectivity index (χ1v) is 7.00. The first-order chi connectivity index (χ1) is 7.24. The van der Waals surface area contributed by atoms with E-state index in [0.29, 0.717) is 0 Å². The van der Waals surface area contributed by atoms with Crippen LogP contribution in [0.25, 0.3) is 0 Å². The van der Waals surface area contributed by atoms with Crippen LogP contribution in [0.5, 0.6) is 0 Å². The van der Waals surface area contributed by atoms with Gasteiger partial charge in [-0.3, -0.25) is 0 Å². The summed E-state index contributed by atoms with van der Waals surface area (Å²) in [5.41, 5.74) is 0. The van der Waals surface area contributed by atoms with E-state index in [2.05, 4.69) is 33.0 Å². The van der Waals surface area contributed by atoms with Crippen LogP contribution in [0.2, 0.25) is 0 Å². The zero-order chi connectivity index (χ0) is 12.1. The first-order valence-electron chi connectivity index (χ1n) is 7.00. The minimum absolute atomic E-state index is 0.767. The third-order valence-corrected chi connectivity index (χ3v) is 2.70. The van der Waals surface area contributed by atoms with Gasteiger partial charge in [0.2, 0.25) is 0 Å². The van der Waals surface area contributed by atoms with Gasteiger partial charge in [0.15, 0.2) is 0 Å². The van der Waals surface area contributed by atoms with Gasteiger partial charge in [0.05, 0.1) is 0 Å². The van der Waals surface area contributed by atoms with Crippen molar-refractivity contribution in [1.29, 1.82) is 0 Å².